The lowest BCUT2D eigenvalue weighted by Gasteiger charge is -2.20. The molecule has 1 atom stereocenters. The first-order valence-electron chi connectivity index (χ1n) is 6.85. The molecule has 1 nitrogen and oxygen atoms in total. The van der Waals surface area contributed by atoms with Crippen molar-refractivity contribution in [2.75, 3.05) is 5.75 Å². The molecule has 0 radical (unpaired) electrons. The summed E-state index contributed by atoms with van der Waals surface area (Å²) in [7, 11) is 0. The van der Waals surface area contributed by atoms with E-state index in [9.17, 15) is 4.79 Å². The normalized spacial score (nSPS) is 19.6. The van der Waals surface area contributed by atoms with E-state index >= 15 is 0 Å². The molecule has 2 heteroatoms. The molecule has 1 rings (SSSR count). The van der Waals surface area contributed by atoms with Crippen LogP contribution in [0.3, 0.4) is 0 Å². The van der Waals surface area contributed by atoms with Crippen LogP contribution in [-0.2, 0) is 4.79 Å². The Balaban J connectivity index is 2.09. The second-order valence-electron chi connectivity index (χ2n) is 5.21. The molecule has 0 bridgehead atoms. The van der Waals surface area contributed by atoms with Gasteiger partial charge >= 0.3 is 0 Å². The lowest BCUT2D eigenvalue weighted by Crippen LogP contribution is -2.13. The predicted molar refractivity (Wildman–Crippen MR) is 73.0 cm³/mol. The molecule has 16 heavy (non-hydrogen) atoms. The van der Waals surface area contributed by atoms with Gasteiger partial charge in [0.2, 0.25) is 0 Å². The minimum absolute atomic E-state index is 0.469. The second kappa shape index (κ2) is 8.16. The molecule has 0 aromatic carbocycles. The highest BCUT2D eigenvalue weighted by Crippen LogP contribution is 2.28. The topological polar surface area (TPSA) is 17.1 Å². The Morgan fingerprint density at radius 2 is 2.00 bits per heavy atom. The third-order valence-corrected chi connectivity index (χ3v) is 4.82. The molecule has 0 spiro atoms. The number of hydrogen-bond donors (Lipinski definition) is 0. The molecule has 0 aromatic heterocycles. The van der Waals surface area contributed by atoms with E-state index in [0.29, 0.717) is 11.7 Å². The SMILES string of the molecule is CCCC(C)CC(=O)CSC1CCCCC1. The van der Waals surface area contributed by atoms with Crippen LogP contribution in [0.15, 0.2) is 0 Å². The van der Waals surface area contributed by atoms with Crippen molar-refractivity contribution >= 4 is 17.5 Å². The van der Waals surface area contributed by atoms with Gasteiger partial charge in [-0.1, -0.05) is 46.0 Å². The quantitative estimate of drug-likeness (QED) is 0.656. The molecule has 1 unspecified atom stereocenters. The summed E-state index contributed by atoms with van der Waals surface area (Å²) in [5.74, 6) is 1.82. The number of thioether (sulfide) groups is 1. The summed E-state index contributed by atoms with van der Waals surface area (Å²) in [6.07, 6.45) is 10.0. The Bertz CT molecular complexity index is 197. The van der Waals surface area contributed by atoms with E-state index in [0.717, 1.165) is 17.4 Å². The van der Waals surface area contributed by atoms with Gasteiger partial charge in [0.15, 0.2) is 0 Å². The zero-order valence-electron chi connectivity index (χ0n) is 10.8. The Labute approximate surface area is 105 Å². The Morgan fingerprint density at radius 1 is 1.31 bits per heavy atom. The van der Waals surface area contributed by atoms with Crippen LogP contribution in [0.5, 0.6) is 0 Å². The zero-order valence-corrected chi connectivity index (χ0v) is 11.7. The van der Waals surface area contributed by atoms with Gasteiger partial charge < -0.3 is 0 Å². The van der Waals surface area contributed by atoms with E-state index in [2.05, 4.69) is 13.8 Å². The van der Waals surface area contributed by atoms with Crippen LogP contribution in [-0.4, -0.2) is 16.8 Å². The molecule has 0 aliphatic heterocycles. The standard InChI is InChI=1S/C14H26OS/c1-3-7-12(2)10-13(15)11-16-14-8-5-4-6-9-14/h12,14H,3-11H2,1-2H3. The van der Waals surface area contributed by atoms with E-state index < -0.39 is 0 Å². The first kappa shape index (κ1) is 14.1. The molecule has 1 fully saturated rings. The van der Waals surface area contributed by atoms with Crippen LogP contribution in [0, 0.1) is 5.92 Å². The van der Waals surface area contributed by atoms with Crippen molar-refractivity contribution in [3.63, 3.8) is 0 Å². The molecule has 0 saturated heterocycles. The summed E-state index contributed by atoms with van der Waals surface area (Å²) in [4.78, 5) is 11.8. The number of rotatable bonds is 7. The molecule has 1 aliphatic carbocycles. The van der Waals surface area contributed by atoms with Crippen molar-refractivity contribution in [2.45, 2.75) is 70.5 Å². The van der Waals surface area contributed by atoms with Gasteiger partial charge in [-0.05, 0) is 18.8 Å². The smallest absolute Gasteiger partial charge is 0.143 e. The average Bonchev–Trinajstić information content (AvgIpc) is 2.28. The van der Waals surface area contributed by atoms with Gasteiger partial charge in [0.05, 0.1) is 5.75 Å². The first-order chi connectivity index (χ1) is 7.72. The summed E-state index contributed by atoms with van der Waals surface area (Å²) >= 11 is 1.92. The van der Waals surface area contributed by atoms with Crippen molar-refractivity contribution in [3.8, 4) is 0 Å². The first-order valence-corrected chi connectivity index (χ1v) is 7.90. The molecular weight excluding hydrogens is 216 g/mol. The minimum Gasteiger partial charge on any atom is -0.299 e. The van der Waals surface area contributed by atoms with Crippen molar-refractivity contribution in [1.29, 1.82) is 0 Å². The summed E-state index contributed by atoms with van der Waals surface area (Å²) in [5.41, 5.74) is 0. The third kappa shape index (κ3) is 5.93. The molecule has 0 amide bonds. The minimum atomic E-state index is 0.469. The maximum Gasteiger partial charge on any atom is 0.143 e. The van der Waals surface area contributed by atoms with E-state index in [1.165, 1.54) is 44.9 Å². The van der Waals surface area contributed by atoms with Crippen molar-refractivity contribution < 1.29 is 4.79 Å². The number of hydrogen-bond acceptors (Lipinski definition) is 2. The molecule has 0 aromatic rings. The van der Waals surface area contributed by atoms with Crippen molar-refractivity contribution in [2.24, 2.45) is 5.92 Å². The van der Waals surface area contributed by atoms with Gasteiger partial charge in [-0.3, -0.25) is 4.79 Å². The molecule has 0 heterocycles. The maximum absolute atomic E-state index is 11.8. The number of carbonyl (C=O) groups is 1. The summed E-state index contributed by atoms with van der Waals surface area (Å²) in [6.45, 7) is 4.39. The molecule has 0 N–H and O–H groups in total. The van der Waals surface area contributed by atoms with E-state index in [1.807, 2.05) is 11.8 Å². The second-order valence-corrected chi connectivity index (χ2v) is 6.50. The Hall–Kier alpha value is 0.0200. The molecular formula is C14H26OS. The number of carbonyl (C=O) groups excluding carboxylic acids is 1. The van der Waals surface area contributed by atoms with E-state index in [4.69, 9.17) is 0 Å². The maximum atomic E-state index is 11.8. The van der Waals surface area contributed by atoms with E-state index in [1.54, 1.807) is 0 Å². The molecule has 94 valence electrons. The van der Waals surface area contributed by atoms with Crippen LogP contribution in [0.2, 0.25) is 0 Å². The van der Waals surface area contributed by atoms with Gasteiger partial charge in [-0.25, -0.2) is 0 Å². The Morgan fingerprint density at radius 3 is 2.62 bits per heavy atom. The van der Waals surface area contributed by atoms with Gasteiger partial charge in [0.25, 0.3) is 0 Å². The fraction of sp³-hybridized carbons (Fsp3) is 0.929. The molecule has 1 aliphatic rings. The summed E-state index contributed by atoms with van der Waals surface area (Å²) in [6, 6.07) is 0. The lowest BCUT2D eigenvalue weighted by atomic mass is 10.0. The summed E-state index contributed by atoms with van der Waals surface area (Å²) < 4.78 is 0. The molecule has 1 saturated carbocycles. The fourth-order valence-electron chi connectivity index (χ4n) is 2.49. The largest absolute Gasteiger partial charge is 0.299 e. The predicted octanol–water partition coefficient (Wildman–Crippen LogP) is 4.45. The fourth-order valence-corrected chi connectivity index (χ4v) is 3.69. The average molecular weight is 242 g/mol. The van der Waals surface area contributed by atoms with Crippen molar-refractivity contribution in [1.82, 2.24) is 0 Å². The van der Waals surface area contributed by atoms with E-state index in [-0.39, 0.29) is 0 Å². The van der Waals surface area contributed by atoms with Crippen LogP contribution < -0.4 is 0 Å². The van der Waals surface area contributed by atoms with Gasteiger partial charge in [0, 0.05) is 11.7 Å². The van der Waals surface area contributed by atoms with Crippen LogP contribution in [0.25, 0.3) is 0 Å². The highest BCUT2D eigenvalue weighted by Gasteiger charge is 2.16. The van der Waals surface area contributed by atoms with Crippen LogP contribution in [0.1, 0.15) is 65.2 Å². The highest BCUT2D eigenvalue weighted by atomic mass is 32.2. The lowest BCUT2D eigenvalue weighted by molar-refractivity contribution is -0.117. The Kier molecular flexibility index (Phi) is 7.18. The van der Waals surface area contributed by atoms with Gasteiger partial charge in [0.1, 0.15) is 5.78 Å². The number of Topliss-reactive ketones (excluding diaryl/α,β-unsaturated/α-hetero) is 1. The van der Waals surface area contributed by atoms with Gasteiger partial charge in [-0.15, -0.1) is 0 Å². The number of ketones is 1. The van der Waals surface area contributed by atoms with Crippen molar-refractivity contribution in [3.05, 3.63) is 0 Å². The monoisotopic (exact) mass is 242 g/mol. The van der Waals surface area contributed by atoms with Gasteiger partial charge in [-0.2, -0.15) is 11.8 Å². The third-order valence-electron chi connectivity index (χ3n) is 3.39. The summed E-state index contributed by atoms with van der Waals surface area (Å²) in [5, 5.41) is 0.777. The van der Waals surface area contributed by atoms with Crippen LogP contribution >= 0.6 is 11.8 Å². The highest BCUT2D eigenvalue weighted by molar-refractivity contribution is 8.00. The zero-order chi connectivity index (χ0) is 11.8. The van der Waals surface area contributed by atoms with Crippen LogP contribution in [0.4, 0.5) is 0 Å².